The van der Waals surface area contributed by atoms with Crippen LogP contribution in [0.15, 0.2) is 34.7 Å². The maximum Gasteiger partial charge on any atom is 0.326 e. The maximum atomic E-state index is 12.1. The van der Waals surface area contributed by atoms with Gasteiger partial charge in [-0.2, -0.15) is 0 Å². The lowest BCUT2D eigenvalue weighted by Gasteiger charge is -2.12. The van der Waals surface area contributed by atoms with Gasteiger partial charge in [-0.25, -0.2) is 4.79 Å². The Morgan fingerprint density at radius 3 is 2.64 bits per heavy atom. The molecule has 1 aromatic heterocycles. The van der Waals surface area contributed by atoms with Crippen molar-refractivity contribution in [2.24, 2.45) is 0 Å². The molecule has 2 aromatic rings. The topological polar surface area (TPSA) is 88.8 Å². The Bertz CT molecular complexity index is 750. The van der Waals surface area contributed by atoms with Crippen molar-refractivity contribution in [1.82, 2.24) is 5.32 Å². The molecule has 1 unspecified atom stereocenters. The van der Waals surface area contributed by atoms with Gasteiger partial charge in [0.15, 0.2) is 5.76 Å². The highest BCUT2D eigenvalue weighted by atomic mass is 16.5. The van der Waals surface area contributed by atoms with Gasteiger partial charge in [0, 0.05) is 0 Å². The van der Waals surface area contributed by atoms with Crippen molar-refractivity contribution in [2.45, 2.75) is 46.3 Å². The first-order valence-corrected chi connectivity index (χ1v) is 8.23. The maximum absolute atomic E-state index is 12.1. The highest BCUT2D eigenvalue weighted by Crippen LogP contribution is 2.20. The summed E-state index contributed by atoms with van der Waals surface area (Å²) in [5.41, 5.74) is 2.18. The average Bonchev–Trinajstić information content (AvgIpc) is 3.02. The van der Waals surface area contributed by atoms with Gasteiger partial charge in [0.05, 0.1) is 0 Å². The van der Waals surface area contributed by atoms with Crippen molar-refractivity contribution in [3.8, 4) is 5.75 Å². The van der Waals surface area contributed by atoms with E-state index >= 15 is 0 Å². The molecule has 0 aliphatic carbocycles. The Labute approximate surface area is 146 Å². The molecule has 2 N–H and O–H groups in total. The molecule has 0 spiro atoms. The van der Waals surface area contributed by atoms with Crippen molar-refractivity contribution in [3.05, 3.63) is 53.0 Å². The number of aliphatic carboxylic acids is 1. The van der Waals surface area contributed by atoms with Crippen LogP contribution in [-0.2, 0) is 11.4 Å². The van der Waals surface area contributed by atoms with Gasteiger partial charge in [0.2, 0.25) is 0 Å². The molecule has 134 valence electrons. The number of carboxylic acid groups (broad SMARTS) is 1. The van der Waals surface area contributed by atoms with Gasteiger partial charge in [-0.05, 0) is 44.0 Å². The lowest BCUT2D eigenvalue weighted by atomic mass is 10.1. The molecule has 0 bridgehead atoms. The first-order valence-electron chi connectivity index (χ1n) is 8.23. The van der Waals surface area contributed by atoms with E-state index in [9.17, 15) is 9.59 Å². The number of carbonyl (C=O) groups excluding carboxylic acids is 1. The third-order valence-corrected chi connectivity index (χ3v) is 3.77. The van der Waals surface area contributed by atoms with Crippen molar-refractivity contribution < 1.29 is 23.8 Å². The molecule has 2 rings (SSSR count). The minimum absolute atomic E-state index is 0.0709. The summed E-state index contributed by atoms with van der Waals surface area (Å²) in [7, 11) is 0. The van der Waals surface area contributed by atoms with Crippen LogP contribution < -0.4 is 10.1 Å². The molecule has 0 radical (unpaired) electrons. The molecule has 1 amide bonds. The molecule has 0 aliphatic rings. The minimum atomic E-state index is -1.06. The number of carbonyl (C=O) groups is 2. The smallest absolute Gasteiger partial charge is 0.326 e. The predicted octanol–water partition coefficient (Wildman–Crippen LogP) is 3.46. The summed E-state index contributed by atoms with van der Waals surface area (Å²) in [6.45, 7) is 6.02. The fourth-order valence-electron chi connectivity index (χ4n) is 2.46. The second-order valence-corrected chi connectivity index (χ2v) is 5.98. The Morgan fingerprint density at radius 2 is 2.00 bits per heavy atom. The highest BCUT2D eigenvalue weighted by Gasteiger charge is 2.21. The van der Waals surface area contributed by atoms with E-state index in [0.717, 1.165) is 16.9 Å². The van der Waals surface area contributed by atoms with Crippen LogP contribution in [-0.4, -0.2) is 23.0 Å². The lowest BCUT2D eigenvalue weighted by molar-refractivity contribution is -0.139. The fraction of sp³-hybridized carbons (Fsp3) is 0.368. The molecule has 0 saturated carbocycles. The zero-order chi connectivity index (χ0) is 18.4. The third kappa shape index (κ3) is 5.11. The largest absolute Gasteiger partial charge is 0.485 e. The van der Waals surface area contributed by atoms with Crippen LogP contribution in [0, 0.1) is 13.8 Å². The third-order valence-electron chi connectivity index (χ3n) is 3.77. The summed E-state index contributed by atoms with van der Waals surface area (Å²) >= 11 is 0. The first-order chi connectivity index (χ1) is 11.9. The number of hydrogen-bond acceptors (Lipinski definition) is 4. The number of furan rings is 1. The summed E-state index contributed by atoms with van der Waals surface area (Å²) in [6.07, 6.45) is 1.02. The molecule has 25 heavy (non-hydrogen) atoms. The molecular formula is C19H23NO5. The summed E-state index contributed by atoms with van der Waals surface area (Å²) in [6, 6.07) is 8.12. The number of nitrogens with one attached hydrogen (secondary N) is 1. The second-order valence-electron chi connectivity index (χ2n) is 5.98. The number of rotatable bonds is 8. The zero-order valence-corrected chi connectivity index (χ0v) is 14.7. The molecule has 0 fully saturated rings. The van der Waals surface area contributed by atoms with E-state index in [1.807, 2.05) is 39.0 Å². The number of benzene rings is 1. The van der Waals surface area contributed by atoms with E-state index in [4.69, 9.17) is 14.3 Å². The summed E-state index contributed by atoms with van der Waals surface area (Å²) in [5.74, 6) is -0.283. The summed E-state index contributed by atoms with van der Waals surface area (Å²) in [5, 5.41) is 11.6. The van der Waals surface area contributed by atoms with Crippen LogP contribution in [0.3, 0.4) is 0 Å². The summed E-state index contributed by atoms with van der Waals surface area (Å²) < 4.78 is 11.2. The van der Waals surface area contributed by atoms with Crippen molar-refractivity contribution in [2.75, 3.05) is 0 Å². The van der Waals surface area contributed by atoms with Crippen LogP contribution in [0.5, 0.6) is 5.75 Å². The quantitative estimate of drug-likeness (QED) is 0.765. The van der Waals surface area contributed by atoms with E-state index in [1.54, 1.807) is 6.07 Å². The molecule has 6 nitrogen and oxygen atoms in total. The van der Waals surface area contributed by atoms with Crippen molar-refractivity contribution in [1.29, 1.82) is 0 Å². The number of ether oxygens (including phenoxy) is 1. The van der Waals surface area contributed by atoms with E-state index in [2.05, 4.69) is 5.32 Å². The van der Waals surface area contributed by atoms with Crippen LogP contribution >= 0.6 is 0 Å². The van der Waals surface area contributed by atoms with Gasteiger partial charge in [-0.1, -0.05) is 31.0 Å². The molecule has 1 aromatic carbocycles. The first kappa shape index (κ1) is 18.6. The van der Waals surface area contributed by atoms with Gasteiger partial charge in [-0.3, -0.25) is 4.79 Å². The number of aryl methyl sites for hydroxylation is 2. The van der Waals surface area contributed by atoms with Crippen LogP contribution in [0.2, 0.25) is 0 Å². The predicted molar refractivity (Wildman–Crippen MR) is 92.8 cm³/mol. The Balaban J connectivity index is 1.97. The minimum Gasteiger partial charge on any atom is -0.485 e. The van der Waals surface area contributed by atoms with E-state index in [1.165, 1.54) is 6.07 Å². The van der Waals surface area contributed by atoms with E-state index in [-0.39, 0.29) is 12.4 Å². The second kappa shape index (κ2) is 8.37. The van der Waals surface area contributed by atoms with Gasteiger partial charge in [0.1, 0.15) is 24.2 Å². The van der Waals surface area contributed by atoms with E-state index in [0.29, 0.717) is 18.6 Å². The number of hydrogen-bond donors (Lipinski definition) is 2. The zero-order valence-electron chi connectivity index (χ0n) is 14.7. The summed E-state index contributed by atoms with van der Waals surface area (Å²) in [4.78, 5) is 23.2. The Morgan fingerprint density at radius 1 is 1.24 bits per heavy atom. The van der Waals surface area contributed by atoms with Crippen molar-refractivity contribution in [3.63, 3.8) is 0 Å². The van der Waals surface area contributed by atoms with Crippen LogP contribution in [0.4, 0.5) is 0 Å². The van der Waals surface area contributed by atoms with Gasteiger partial charge in [0.25, 0.3) is 5.91 Å². The van der Waals surface area contributed by atoms with Gasteiger partial charge < -0.3 is 19.6 Å². The molecule has 0 aliphatic heterocycles. The monoisotopic (exact) mass is 345 g/mol. The normalized spacial score (nSPS) is 11.8. The van der Waals surface area contributed by atoms with Gasteiger partial charge in [-0.15, -0.1) is 0 Å². The fourth-order valence-corrected chi connectivity index (χ4v) is 2.46. The Hall–Kier alpha value is -2.76. The molecular weight excluding hydrogens is 322 g/mol. The standard InChI is InChI=1S/C19H23NO5/c1-4-5-15(19(22)23)20-18(21)17-9-7-14(25-17)11-24-16-8-6-12(2)10-13(16)3/h6-10,15H,4-5,11H2,1-3H3,(H,20,21)(H,22,23). The molecule has 6 heteroatoms. The molecule has 1 heterocycles. The van der Waals surface area contributed by atoms with Gasteiger partial charge >= 0.3 is 5.97 Å². The van der Waals surface area contributed by atoms with Crippen LogP contribution in [0.25, 0.3) is 0 Å². The average molecular weight is 345 g/mol. The lowest BCUT2D eigenvalue weighted by Crippen LogP contribution is -2.40. The molecule has 1 atom stereocenters. The Kier molecular flexibility index (Phi) is 6.22. The van der Waals surface area contributed by atoms with Crippen molar-refractivity contribution >= 4 is 11.9 Å². The van der Waals surface area contributed by atoms with Crippen LogP contribution in [0.1, 0.15) is 47.2 Å². The molecule has 0 saturated heterocycles. The number of amides is 1. The SMILES string of the molecule is CCCC(NC(=O)c1ccc(COc2ccc(C)cc2C)o1)C(=O)O. The number of carboxylic acids is 1. The van der Waals surface area contributed by atoms with E-state index < -0.39 is 17.9 Å². The highest BCUT2D eigenvalue weighted by molar-refractivity contribution is 5.94.